The van der Waals surface area contributed by atoms with Crippen molar-refractivity contribution in [2.45, 2.75) is 109 Å². The molecule has 5 rings (SSSR count). The Morgan fingerprint density at radius 2 is 1.86 bits per heavy atom. The highest BCUT2D eigenvalue weighted by atomic mass is 35.5. The summed E-state index contributed by atoms with van der Waals surface area (Å²) in [5.41, 5.74) is 6.52. The number of aliphatic hydroxyl groups excluding tert-OH is 5. The normalized spacial score (nSPS) is 16.2. The largest absolute Gasteiger partial charge is 0.460 e. The molecule has 346 valence electrons. The molecule has 5 atom stereocenters. The molecule has 7 N–H and O–H groups in total. The number of halogens is 1. The van der Waals surface area contributed by atoms with Crippen molar-refractivity contribution in [1.29, 1.82) is 0 Å². The van der Waals surface area contributed by atoms with Gasteiger partial charge in [-0.1, -0.05) is 55.0 Å². The van der Waals surface area contributed by atoms with E-state index in [1.165, 1.54) is 10.6 Å². The number of benzene rings is 1. The number of aryl methyl sites for hydroxylation is 1. The van der Waals surface area contributed by atoms with Crippen LogP contribution in [0.3, 0.4) is 0 Å². The zero-order valence-corrected chi connectivity index (χ0v) is 36.9. The van der Waals surface area contributed by atoms with Gasteiger partial charge in [0, 0.05) is 50.5 Å². The van der Waals surface area contributed by atoms with Crippen LogP contribution in [0.5, 0.6) is 0 Å². The van der Waals surface area contributed by atoms with Crippen LogP contribution in [0.15, 0.2) is 34.0 Å². The van der Waals surface area contributed by atoms with Gasteiger partial charge in [0.2, 0.25) is 5.95 Å². The number of nitrogens with zero attached hydrogens (tertiary/aromatic N) is 9. The Kier molecular flexibility index (Phi) is 18.7. The molecule has 20 nitrogen and oxygen atoms in total. The Morgan fingerprint density at radius 1 is 1.08 bits per heavy atom. The molecule has 1 saturated heterocycles. The van der Waals surface area contributed by atoms with E-state index in [4.69, 9.17) is 36.9 Å². The summed E-state index contributed by atoms with van der Waals surface area (Å²) in [6.07, 6.45) is 0.964. The van der Waals surface area contributed by atoms with Gasteiger partial charge in [0.25, 0.3) is 5.56 Å². The van der Waals surface area contributed by atoms with Gasteiger partial charge >= 0.3 is 11.7 Å². The van der Waals surface area contributed by atoms with Crippen LogP contribution in [0.2, 0.25) is 5.02 Å². The standard InChI is InChI=1S/C42H61ClN10O10/c1-4-6-8-9-14-49(26-33(55)36(57)37(58)34(56)27-54)24-31-25-51(47-46-31)17-18-62-19-20-63-40(60)32-21-29(43)13-12-28(32)22-53-39(59)35-38(48(3)42(53)61)45-41(52(35)16-7-5-2)50-15-10-11-30(44)23-50/h12-13,21,25,30,33-34,36-37,54-58H,4,6,8-11,14-20,22-24,26-27,44H2,1-3H3. The van der Waals surface area contributed by atoms with Crippen molar-refractivity contribution in [3.05, 3.63) is 67.1 Å². The number of carbonyl (C=O) groups excluding carboxylic acids is 1. The third-order valence-corrected chi connectivity index (χ3v) is 11.2. The number of ether oxygens (including phenoxy) is 2. The van der Waals surface area contributed by atoms with E-state index in [0.717, 1.165) is 43.1 Å². The fourth-order valence-electron chi connectivity index (χ4n) is 7.50. The summed E-state index contributed by atoms with van der Waals surface area (Å²) in [4.78, 5) is 49.9. The second kappa shape index (κ2) is 23.8. The average Bonchev–Trinajstić information content (AvgIpc) is 3.90. The topological polar surface area (TPSA) is 262 Å². The minimum atomic E-state index is -1.72. The fraction of sp³-hybridized carbons (Fsp3) is 0.619. The van der Waals surface area contributed by atoms with E-state index in [-0.39, 0.29) is 67.2 Å². The summed E-state index contributed by atoms with van der Waals surface area (Å²) in [6.45, 7) is 5.55. The molecule has 0 radical (unpaired) electrons. The van der Waals surface area contributed by atoms with Gasteiger partial charge < -0.3 is 45.6 Å². The lowest BCUT2D eigenvalue weighted by Crippen LogP contribution is -2.49. The molecule has 5 unspecified atom stereocenters. The van der Waals surface area contributed by atoms with Crippen molar-refractivity contribution in [3.8, 4) is 11.8 Å². The van der Waals surface area contributed by atoms with E-state index in [1.54, 1.807) is 41.5 Å². The lowest BCUT2D eigenvalue weighted by Gasteiger charge is -2.31. The number of unbranched alkanes of at least 4 members (excludes halogenated alkanes) is 3. The summed E-state index contributed by atoms with van der Waals surface area (Å²) in [6, 6.07) is 4.51. The van der Waals surface area contributed by atoms with Gasteiger partial charge in [-0.25, -0.2) is 14.3 Å². The summed E-state index contributed by atoms with van der Waals surface area (Å²) in [5, 5.41) is 58.5. The number of imidazole rings is 1. The number of aliphatic hydroxyl groups is 5. The third kappa shape index (κ3) is 13.0. The molecule has 4 heterocycles. The lowest BCUT2D eigenvalue weighted by atomic mass is 10.0. The second-order valence-corrected chi connectivity index (χ2v) is 16.2. The van der Waals surface area contributed by atoms with Gasteiger partial charge in [-0.3, -0.25) is 23.4 Å². The van der Waals surface area contributed by atoms with Gasteiger partial charge in [-0.2, -0.15) is 4.98 Å². The maximum absolute atomic E-state index is 14.2. The maximum Gasteiger partial charge on any atom is 0.338 e. The van der Waals surface area contributed by atoms with Gasteiger partial charge in [0.05, 0.1) is 56.8 Å². The number of carbonyl (C=O) groups is 1. The Labute approximate surface area is 370 Å². The minimum Gasteiger partial charge on any atom is -0.460 e. The highest BCUT2D eigenvalue weighted by Gasteiger charge is 2.31. The Bertz CT molecular complexity index is 2300. The second-order valence-electron chi connectivity index (χ2n) is 15.8. The van der Waals surface area contributed by atoms with Gasteiger partial charge in [0.1, 0.15) is 24.9 Å². The molecule has 3 aromatic heterocycles. The summed E-state index contributed by atoms with van der Waals surface area (Å²) < 4.78 is 16.9. The average molecular weight is 901 g/mol. The number of rotatable bonds is 24. The molecule has 63 heavy (non-hydrogen) atoms. The molecule has 0 aliphatic carbocycles. The molecular weight excluding hydrogens is 840 g/mol. The van der Waals surface area contributed by atoms with Crippen LogP contribution < -0.4 is 21.9 Å². The van der Waals surface area contributed by atoms with Crippen molar-refractivity contribution in [2.24, 2.45) is 12.8 Å². The first-order valence-corrected chi connectivity index (χ1v) is 21.7. The predicted octanol–water partition coefficient (Wildman–Crippen LogP) is -0.167. The van der Waals surface area contributed by atoms with Crippen LogP contribution in [0.1, 0.15) is 74.0 Å². The van der Waals surface area contributed by atoms with Crippen LogP contribution in [-0.4, -0.2) is 153 Å². The van der Waals surface area contributed by atoms with Gasteiger partial charge in [0.15, 0.2) is 11.2 Å². The van der Waals surface area contributed by atoms with Crippen molar-refractivity contribution < 1.29 is 39.8 Å². The summed E-state index contributed by atoms with van der Waals surface area (Å²) >= 11 is 6.30. The molecule has 0 amide bonds. The predicted molar refractivity (Wildman–Crippen MR) is 234 cm³/mol. The highest BCUT2D eigenvalue weighted by molar-refractivity contribution is 6.31. The van der Waals surface area contributed by atoms with E-state index >= 15 is 0 Å². The van der Waals surface area contributed by atoms with Crippen LogP contribution in [0.25, 0.3) is 11.2 Å². The first-order chi connectivity index (χ1) is 30.3. The quantitative estimate of drug-likeness (QED) is 0.0303. The van der Waals surface area contributed by atoms with Crippen molar-refractivity contribution in [1.82, 2.24) is 38.6 Å². The van der Waals surface area contributed by atoms with Gasteiger partial charge in [-0.05, 0) is 50.4 Å². The molecule has 4 aromatic rings. The van der Waals surface area contributed by atoms with Crippen LogP contribution >= 0.6 is 11.6 Å². The first-order valence-electron chi connectivity index (χ1n) is 21.4. The van der Waals surface area contributed by atoms with E-state index < -0.39 is 48.2 Å². The number of aromatic nitrogens is 7. The van der Waals surface area contributed by atoms with Crippen molar-refractivity contribution >= 4 is 34.7 Å². The highest BCUT2D eigenvalue weighted by Crippen LogP contribution is 2.24. The summed E-state index contributed by atoms with van der Waals surface area (Å²) in [5.74, 6) is 5.69. The van der Waals surface area contributed by atoms with E-state index in [9.17, 15) is 34.8 Å². The Balaban J connectivity index is 1.18. The fourth-order valence-corrected chi connectivity index (χ4v) is 7.67. The number of piperidine rings is 1. The molecule has 1 aliphatic rings. The molecular formula is C42H61ClN10O10. The van der Waals surface area contributed by atoms with E-state index in [2.05, 4.69) is 29.1 Å². The number of hydrogen-bond acceptors (Lipinski definition) is 16. The number of nitrogens with two attached hydrogens (primary N) is 1. The Morgan fingerprint density at radius 3 is 2.59 bits per heavy atom. The molecule has 1 aromatic carbocycles. The number of fused-ring (bicyclic) bond motifs is 1. The Hall–Kier alpha value is -4.69. The number of esters is 1. The van der Waals surface area contributed by atoms with E-state index in [0.29, 0.717) is 49.9 Å². The first kappa shape index (κ1) is 49.3. The third-order valence-electron chi connectivity index (χ3n) is 11.0. The molecule has 1 fully saturated rings. The number of anilines is 1. The monoisotopic (exact) mass is 900 g/mol. The van der Waals surface area contributed by atoms with Crippen LogP contribution in [-0.2, 0) is 42.7 Å². The number of hydrogen-bond donors (Lipinski definition) is 6. The van der Waals surface area contributed by atoms with Crippen molar-refractivity contribution in [2.75, 3.05) is 57.5 Å². The molecule has 0 saturated carbocycles. The zero-order valence-electron chi connectivity index (χ0n) is 36.2. The molecule has 0 bridgehead atoms. The molecule has 1 aliphatic heterocycles. The molecule has 0 spiro atoms. The van der Waals surface area contributed by atoms with Crippen molar-refractivity contribution in [3.63, 3.8) is 0 Å². The van der Waals surface area contributed by atoms with E-state index in [1.807, 2.05) is 9.80 Å². The smallest absolute Gasteiger partial charge is 0.338 e. The van der Waals surface area contributed by atoms with Crippen LogP contribution in [0, 0.1) is 11.8 Å². The zero-order chi connectivity index (χ0) is 45.6. The lowest BCUT2D eigenvalue weighted by molar-refractivity contribution is -0.119. The minimum absolute atomic E-state index is 0.0158. The molecule has 21 heteroatoms. The van der Waals surface area contributed by atoms with Crippen LogP contribution in [0.4, 0.5) is 5.95 Å². The summed E-state index contributed by atoms with van der Waals surface area (Å²) in [7, 11) is 1.54. The van der Waals surface area contributed by atoms with Gasteiger partial charge in [-0.15, -0.1) is 11.0 Å². The maximum atomic E-state index is 14.2. The SMILES string of the molecule is CC#CCn1c(N2CCCC(N)C2)nc2c1c(=O)n(Cc1ccc(Cl)cc1C(=O)OCCOCCn1cc(CN(CCCCCC)CC(O)C(O)C(O)C(O)CO)nn1)c(=O)n2C.